The monoisotopic (exact) mass is 145 g/mol. The maximum atomic E-state index is 8.90. The molecule has 1 heterocycles. The van der Waals surface area contributed by atoms with E-state index in [1.54, 1.807) is 0 Å². The molecule has 1 aliphatic heterocycles. The number of hydrogen-bond donors (Lipinski definition) is 2. The van der Waals surface area contributed by atoms with Crippen molar-refractivity contribution in [2.24, 2.45) is 5.92 Å². The van der Waals surface area contributed by atoms with Crippen LogP contribution in [0.5, 0.6) is 0 Å². The molecule has 1 saturated heterocycles. The Bertz CT molecular complexity index is 85.6. The Kier molecular flexibility index (Phi) is 3.12. The molecule has 2 unspecified atom stereocenters. The van der Waals surface area contributed by atoms with Gasteiger partial charge in [0.15, 0.2) is 0 Å². The number of aliphatic hydroxyl groups is 1. The third kappa shape index (κ3) is 1.68. The van der Waals surface area contributed by atoms with Crippen molar-refractivity contribution in [1.29, 1.82) is 0 Å². The predicted octanol–water partition coefficient (Wildman–Crippen LogP) is -0.397. The summed E-state index contributed by atoms with van der Waals surface area (Å²) in [5.74, 6) is 0.388. The zero-order valence-electron chi connectivity index (χ0n) is 6.34. The van der Waals surface area contributed by atoms with E-state index >= 15 is 0 Å². The Morgan fingerprint density at radius 1 is 1.70 bits per heavy atom. The molecule has 0 spiro atoms. The predicted molar refractivity (Wildman–Crippen MR) is 38.9 cm³/mol. The molecule has 10 heavy (non-hydrogen) atoms. The molecule has 0 saturated carbocycles. The summed E-state index contributed by atoms with van der Waals surface area (Å²) in [5.41, 5.74) is 0. The topological polar surface area (TPSA) is 41.5 Å². The van der Waals surface area contributed by atoms with Crippen LogP contribution in [-0.2, 0) is 4.74 Å². The van der Waals surface area contributed by atoms with Gasteiger partial charge in [0.2, 0.25) is 0 Å². The highest BCUT2D eigenvalue weighted by Gasteiger charge is 2.22. The normalized spacial score (nSPS) is 34.2. The van der Waals surface area contributed by atoms with Crippen LogP contribution in [0.1, 0.15) is 6.42 Å². The van der Waals surface area contributed by atoms with Crippen LogP contribution >= 0.6 is 0 Å². The van der Waals surface area contributed by atoms with Crippen LogP contribution in [0.3, 0.4) is 0 Å². The fraction of sp³-hybridized carbons (Fsp3) is 1.00. The SMILES string of the molecule is CNC1COCCC1CO. The third-order valence-corrected chi connectivity index (χ3v) is 2.10. The van der Waals surface area contributed by atoms with Gasteiger partial charge in [-0.25, -0.2) is 0 Å². The lowest BCUT2D eigenvalue weighted by molar-refractivity contribution is 0.0186. The van der Waals surface area contributed by atoms with E-state index in [9.17, 15) is 0 Å². The summed E-state index contributed by atoms with van der Waals surface area (Å²) in [6.45, 7) is 1.81. The summed E-state index contributed by atoms with van der Waals surface area (Å²) < 4.78 is 5.23. The number of likely N-dealkylation sites (N-methyl/N-ethyl adjacent to an activating group) is 1. The molecule has 60 valence electrons. The van der Waals surface area contributed by atoms with Crippen molar-refractivity contribution in [3.8, 4) is 0 Å². The smallest absolute Gasteiger partial charge is 0.0623 e. The lowest BCUT2D eigenvalue weighted by Gasteiger charge is -2.29. The fourth-order valence-electron chi connectivity index (χ4n) is 1.32. The Morgan fingerprint density at radius 3 is 3.00 bits per heavy atom. The second kappa shape index (κ2) is 3.91. The second-order valence-corrected chi connectivity index (χ2v) is 2.70. The number of nitrogens with one attached hydrogen (secondary N) is 1. The molecule has 0 aromatic carbocycles. The zero-order valence-corrected chi connectivity index (χ0v) is 6.34. The average Bonchev–Trinajstić information content (AvgIpc) is 2.04. The Hall–Kier alpha value is -0.120. The van der Waals surface area contributed by atoms with Crippen LogP contribution in [-0.4, -0.2) is 38.0 Å². The van der Waals surface area contributed by atoms with Gasteiger partial charge in [0.1, 0.15) is 0 Å². The first-order chi connectivity index (χ1) is 4.88. The number of ether oxygens (including phenoxy) is 1. The largest absolute Gasteiger partial charge is 0.396 e. The first-order valence-electron chi connectivity index (χ1n) is 3.74. The lowest BCUT2D eigenvalue weighted by atomic mass is 9.96. The van der Waals surface area contributed by atoms with Crippen molar-refractivity contribution < 1.29 is 9.84 Å². The molecule has 0 radical (unpaired) electrons. The molecule has 3 heteroatoms. The average molecular weight is 145 g/mol. The molecule has 2 atom stereocenters. The quantitative estimate of drug-likeness (QED) is 0.555. The van der Waals surface area contributed by atoms with Gasteiger partial charge in [-0.2, -0.15) is 0 Å². The molecular weight excluding hydrogens is 130 g/mol. The van der Waals surface area contributed by atoms with Crippen LogP contribution in [0.15, 0.2) is 0 Å². The van der Waals surface area contributed by atoms with Gasteiger partial charge >= 0.3 is 0 Å². The van der Waals surface area contributed by atoms with Crippen LogP contribution < -0.4 is 5.32 Å². The molecule has 1 fully saturated rings. The molecule has 1 rings (SSSR count). The lowest BCUT2D eigenvalue weighted by Crippen LogP contribution is -2.43. The zero-order chi connectivity index (χ0) is 7.40. The summed E-state index contributed by atoms with van der Waals surface area (Å²) in [5, 5.41) is 12.0. The Morgan fingerprint density at radius 2 is 2.50 bits per heavy atom. The molecule has 2 N–H and O–H groups in total. The highest BCUT2D eigenvalue weighted by molar-refractivity contribution is 4.77. The highest BCUT2D eigenvalue weighted by atomic mass is 16.5. The van der Waals surface area contributed by atoms with E-state index in [-0.39, 0.29) is 6.61 Å². The van der Waals surface area contributed by atoms with Crippen molar-refractivity contribution in [2.75, 3.05) is 26.9 Å². The molecule has 1 aliphatic rings. The van der Waals surface area contributed by atoms with E-state index in [1.165, 1.54) is 0 Å². The van der Waals surface area contributed by atoms with Crippen molar-refractivity contribution in [2.45, 2.75) is 12.5 Å². The first kappa shape index (κ1) is 7.98. The van der Waals surface area contributed by atoms with E-state index in [2.05, 4.69) is 5.32 Å². The minimum atomic E-state index is 0.273. The third-order valence-electron chi connectivity index (χ3n) is 2.10. The van der Waals surface area contributed by atoms with E-state index in [0.717, 1.165) is 19.6 Å². The van der Waals surface area contributed by atoms with Gasteiger partial charge < -0.3 is 15.2 Å². The maximum absolute atomic E-state index is 8.90. The van der Waals surface area contributed by atoms with E-state index in [1.807, 2.05) is 7.05 Å². The molecule has 0 aromatic rings. The minimum Gasteiger partial charge on any atom is -0.396 e. The van der Waals surface area contributed by atoms with Gasteiger partial charge in [0, 0.05) is 25.2 Å². The number of hydrogen-bond acceptors (Lipinski definition) is 3. The fourth-order valence-corrected chi connectivity index (χ4v) is 1.32. The molecule has 3 nitrogen and oxygen atoms in total. The molecule has 0 bridgehead atoms. The molecule has 0 aliphatic carbocycles. The molecule has 0 amide bonds. The van der Waals surface area contributed by atoms with Gasteiger partial charge in [-0.15, -0.1) is 0 Å². The minimum absolute atomic E-state index is 0.273. The van der Waals surface area contributed by atoms with Crippen LogP contribution in [0.25, 0.3) is 0 Å². The highest BCUT2D eigenvalue weighted by Crippen LogP contribution is 2.13. The van der Waals surface area contributed by atoms with E-state index in [0.29, 0.717) is 12.0 Å². The second-order valence-electron chi connectivity index (χ2n) is 2.70. The van der Waals surface area contributed by atoms with Crippen LogP contribution in [0, 0.1) is 5.92 Å². The summed E-state index contributed by atoms with van der Waals surface area (Å²) >= 11 is 0. The summed E-state index contributed by atoms with van der Waals surface area (Å²) in [6, 6.07) is 0.346. The standard InChI is InChI=1S/C7H15NO2/c1-8-7-5-10-3-2-6(7)4-9/h6-9H,2-5H2,1H3. The van der Waals surface area contributed by atoms with Crippen molar-refractivity contribution in [3.63, 3.8) is 0 Å². The van der Waals surface area contributed by atoms with Crippen LogP contribution in [0.4, 0.5) is 0 Å². The van der Waals surface area contributed by atoms with Crippen molar-refractivity contribution in [1.82, 2.24) is 5.32 Å². The van der Waals surface area contributed by atoms with E-state index < -0.39 is 0 Å². The first-order valence-corrected chi connectivity index (χ1v) is 3.74. The van der Waals surface area contributed by atoms with Gasteiger partial charge in [-0.1, -0.05) is 0 Å². The Balaban J connectivity index is 2.34. The molecular formula is C7H15NO2. The van der Waals surface area contributed by atoms with E-state index in [4.69, 9.17) is 9.84 Å². The van der Waals surface area contributed by atoms with Gasteiger partial charge in [0.25, 0.3) is 0 Å². The molecule has 0 aromatic heterocycles. The summed E-state index contributed by atoms with van der Waals surface area (Å²) in [4.78, 5) is 0. The number of aliphatic hydroxyl groups excluding tert-OH is 1. The summed E-state index contributed by atoms with van der Waals surface area (Å²) in [7, 11) is 1.90. The summed E-state index contributed by atoms with van der Waals surface area (Å²) in [6.07, 6.45) is 0.974. The number of rotatable bonds is 2. The van der Waals surface area contributed by atoms with Crippen LogP contribution in [0.2, 0.25) is 0 Å². The van der Waals surface area contributed by atoms with Crippen molar-refractivity contribution >= 4 is 0 Å². The van der Waals surface area contributed by atoms with Crippen molar-refractivity contribution in [3.05, 3.63) is 0 Å². The maximum Gasteiger partial charge on any atom is 0.0623 e. The van der Waals surface area contributed by atoms with Gasteiger partial charge in [-0.3, -0.25) is 0 Å². The Labute approximate surface area is 61.4 Å². The van der Waals surface area contributed by atoms with Gasteiger partial charge in [-0.05, 0) is 13.5 Å². The van der Waals surface area contributed by atoms with Gasteiger partial charge in [0.05, 0.1) is 6.61 Å².